The molecule has 7 nitrogen and oxygen atoms in total. The molecule has 0 aliphatic rings. The highest BCUT2D eigenvalue weighted by Crippen LogP contribution is 2.18. The van der Waals surface area contributed by atoms with Crippen LogP contribution >= 0.6 is 11.3 Å². The van der Waals surface area contributed by atoms with E-state index in [1.807, 2.05) is 36.4 Å². The number of anilines is 2. The molecule has 0 atom stereocenters. The van der Waals surface area contributed by atoms with Crippen LogP contribution in [0.2, 0.25) is 0 Å². The van der Waals surface area contributed by atoms with E-state index in [-0.39, 0.29) is 18.7 Å². The van der Waals surface area contributed by atoms with Crippen molar-refractivity contribution in [3.05, 3.63) is 77.1 Å². The van der Waals surface area contributed by atoms with Gasteiger partial charge in [0.2, 0.25) is 0 Å². The molecule has 0 radical (unpaired) electrons. The molecule has 0 bridgehead atoms. The maximum Gasteiger partial charge on any atom is 0.358 e. The van der Waals surface area contributed by atoms with Crippen molar-refractivity contribution in [1.29, 1.82) is 5.26 Å². The molecule has 158 valence electrons. The third-order valence-corrected chi connectivity index (χ3v) is 5.01. The molecular weight excluding hydrogens is 419 g/mol. The summed E-state index contributed by atoms with van der Waals surface area (Å²) < 4.78 is 18.3. The summed E-state index contributed by atoms with van der Waals surface area (Å²) in [6.07, 6.45) is 0.0829. The number of nitriles is 1. The number of carbonyl (C=O) groups excluding carboxylic acids is 2. The fourth-order valence-corrected chi connectivity index (χ4v) is 3.36. The average Bonchev–Trinajstić information content (AvgIpc) is 3.27. The number of aromatic nitrogens is 1. The number of carbonyl (C=O) groups is 2. The molecule has 0 spiro atoms. The van der Waals surface area contributed by atoms with Crippen LogP contribution in [0.15, 0.2) is 60.0 Å². The summed E-state index contributed by atoms with van der Waals surface area (Å²) in [7, 11) is 0. The van der Waals surface area contributed by atoms with Gasteiger partial charge in [0.25, 0.3) is 5.91 Å². The maximum absolute atomic E-state index is 13.2. The second-order valence-electron chi connectivity index (χ2n) is 6.38. The Labute approximate surface area is 182 Å². The van der Waals surface area contributed by atoms with E-state index < -0.39 is 24.3 Å². The van der Waals surface area contributed by atoms with E-state index in [4.69, 9.17) is 10.00 Å². The SMILES string of the molecule is N#CCCN(C(=O)COC(=O)c1csc(NCc2ccccc2)n1)c1ccc(F)cc1. The smallest absolute Gasteiger partial charge is 0.358 e. The van der Waals surface area contributed by atoms with Crippen molar-refractivity contribution in [2.24, 2.45) is 0 Å². The first-order chi connectivity index (χ1) is 15.1. The molecule has 0 aliphatic carbocycles. The van der Waals surface area contributed by atoms with Crippen LogP contribution in [0, 0.1) is 17.1 Å². The number of hydrogen-bond acceptors (Lipinski definition) is 7. The molecule has 0 fully saturated rings. The van der Waals surface area contributed by atoms with Gasteiger partial charge in [-0.3, -0.25) is 4.79 Å². The second kappa shape index (κ2) is 10.8. The monoisotopic (exact) mass is 438 g/mol. The van der Waals surface area contributed by atoms with Crippen LogP contribution in [-0.2, 0) is 16.1 Å². The zero-order chi connectivity index (χ0) is 22.1. The molecule has 0 saturated carbocycles. The Morgan fingerprint density at radius 2 is 1.90 bits per heavy atom. The molecule has 0 saturated heterocycles. The first-order valence-electron chi connectivity index (χ1n) is 9.40. The third kappa shape index (κ3) is 6.35. The normalized spacial score (nSPS) is 10.2. The molecule has 9 heteroatoms. The fourth-order valence-electron chi connectivity index (χ4n) is 2.68. The Kier molecular flexibility index (Phi) is 7.67. The molecule has 31 heavy (non-hydrogen) atoms. The number of nitrogens with zero attached hydrogens (tertiary/aromatic N) is 3. The summed E-state index contributed by atoms with van der Waals surface area (Å²) in [5.74, 6) is -1.69. The Morgan fingerprint density at radius 1 is 1.16 bits per heavy atom. The molecule has 0 unspecified atom stereocenters. The summed E-state index contributed by atoms with van der Waals surface area (Å²) >= 11 is 1.26. The molecule has 0 aliphatic heterocycles. The van der Waals surface area contributed by atoms with Gasteiger partial charge in [-0.05, 0) is 29.8 Å². The Hall–Kier alpha value is -3.77. The van der Waals surface area contributed by atoms with Crippen LogP contribution < -0.4 is 10.2 Å². The molecule has 2 aromatic carbocycles. The van der Waals surface area contributed by atoms with Crippen LogP contribution in [0.25, 0.3) is 0 Å². The van der Waals surface area contributed by atoms with Gasteiger partial charge in [-0.15, -0.1) is 11.3 Å². The Balaban J connectivity index is 1.56. The maximum atomic E-state index is 13.2. The van der Waals surface area contributed by atoms with Crippen LogP contribution in [0.1, 0.15) is 22.5 Å². The van der Waals surface area contributed by atoms with Crippen molar-refractivity contribution in [2.45, 2.75) is 13.0 Å². The highest BCUT2D eigenvalue weighted by atomic mass is 32.1. The number of amides is 1. The van der Waals surface area contributed by atoms with Crippen molar-refractivity contribution in [3.63, 3.8) is 0 Å². The first-order valence-corrected chi connectivity index (χ1v) is 10.3. The topological polar surface area (TPSA) is 95.3 Å². The van der Waals surface area contributed by atoms with Gasteiger partial charge < -0.3 is 15.0 Å². The van der Waals surface area contributed by atoms with E-state index in [9.17, 15) is 14.0 Å². The van der Waals surface area contributed by atoms with Crippen LogP contribution in [-0.4, -0.2) is 30.0 Å². The molecule has 1 amide bonds. The van der Waals surface area contributed by atoms with Crippen molar-refractivity contribution >= 4 is 34.0 Å². The minimum Gasteiger partial charge on any atom is -0.451 e. The first kappa shape index (κ1) is 21.9. The van der Waals surface area contributed by atoms with Gasteiger partial charge in [-0.25, -0.2) is 14.2 Å². The van der Waals surface area contributed by atoms with Crippen LogP contribution in [0.4, 0.5) is 15.2 Å². The van der Waals surface area contributed by atoms with Crippen LogP contribution in [0.3, 0.4) is 0 Å². The van der Waals surface area contributed by atoms with Gasteiger partial charge in [0.1, 0.15) is 5.82 Å². The summed E-state index contributed by atoms with van der Waals surface area (Å²) in [5, 5.41) is 14.1. The zero-order valence-corrected chi connectivity index (χ0v) is 17.3. The molecule has 3 rings (SSSR count). The summed E-state index contributed by atoms with van der Waals surface area (Å²) in [4.78, 5) is 30.3. The van der Waals surface area contributed by atoms with E-state index in [0.717, 1.165) is 5.56 Å². The van der Waals surface area contributed by atoms with E-state index in [0.29, 0.717) is 17.4 Å². The van der Waals surface area contributed by atoms with Gasteiger partial charge in [-0.1, -0.05) is 30.3 Å². The number of thiazole rings is 1. The number of ether oxygens (including phenoxy) is 1. The van der Waals surface area contributed by atoms with Gasteiger partial charge in [0, 0.05) is 24.2 Å². The zero-order valence-electron chi connectivity index (χ0n) is 16.5. The van der Waals surface area contributed by atoms with Crippen molar-refractivity contribution < 1.29 is 18.7 Å². The fraction of sp³-hybridized carbons (Fsp3) is 0.182. The number of nitrogens with one attached hydrogen (secondary N) is 1. The predicted molar refractivity (Wildman–Crippen MR) is 115 cm³/mol. The number of rotatable bonds is 9. The molecule has 1 N–H and O–H groups in total. The van der Waals surface area contributed by atoms with Crippen molar-refractivity contribution in [1.82, 2.24) is 4.98 Å². The van der Waals surface area contributed by atoms with Gasteiger partial charge in [-0.2, -0.15) is 5.26 Å². The van der Waals surface area contributed by atoms with E-state index in [1.54, 1.807) is 5.38 Å². The number of benzene rings is 2. The Bertz CT molecular complexity index is 1060. The Morgan fingerprint density at radius 3 is 2.61 bits per heavy atom. The summed E-state index contributed by atoms with van der Waals surface area (Å²) in [6, 6.07) is 17.0. The highest BCUT2D eigenvalue weighted by Gasteiger charge is 2.19. The summed E-state index contributed by atoms with van der Waals surface area (Å²) in [5.41, 5.74) is 1.59. The average molecular weight is 438 g/mol. The van der Waals surface area contributed by atoms with E-state index >= 15 is 0 Å². The lowest BCUT2D eigenvalue weighted by Crippen LogP contribution is -2.35. The number of hydrogen-bond donors (Lipinski definition) is 1. The minimum atomic E-state index is -0.725. The van der Waals surface area contributed by atoms with E-state index in [1.165, 1.54) is 40.5 Å². The lowest BCUT2D eigenvalue weighted by molar-refractivity contribution is -0.121. The molecular formula is C22H19FN4O3S. The van der Waals surface area contributed by atoms with E-state index in [2.05, 4.69) is 10.3 Å². The molecule has 3 aromatic rings. The van der Waals surface area contributed by atoms with Crippen molar-refractivity contribution in [2.75, 3.05) is 23.4 Å². The highest BCUT2D eigenvalue weighted by molar-refractivity contribution is 7.13. The van der Waals surface area contributed by atoms with Gasteiger partial charge in [0.05, 0.1) is 12.5 Å². The van der Waals surface area contributed by atoms with Gasteiger partial charge in [0.15, 0.2) is 17.4 Å². The largest absolute Gasteiger partial charge is 0.451 e. The van der Waals surface area contributed by atoms with Gasteiger partial charge >= 0.3 is 5.97 Å². The minimum absolute atomic E-state index is 0.0829. The summed E-state index contributed by atoms with van der Waals surface area (Å²) in [6.45, 7) is 0.140. The second-order valence-corrected chi connectivity index (χ2v) is 7.24. The standard InChI is InChI=1S/C22H19FN4O3S/c23-17-7-9-18(10-8-17)27(12-4-11-24)20(28)14-30-21(29)19-15-31-22(26-19)25-13-16-5-2-1-3-6-16/h1-3,5-10,15H,4,12-14H2,(H,25,26). The molecule has 1 heterocycles. The lowest BCUT2D eigenvalue weighted by Gasteiger charge is -2.21. The van der Waals surface area contributed by atoms with Crippen LogP contribution in [0.5, 0.6) is 0 Å². The number of halogens is 1. The quantitative estimate of drug-likeness (QED) is 0.508. The third-order valence-electron chi connectivity index (χ3n) is 4.21. The lowest BCUT2D eigenvalue weighted by atomic mass is 10.2. The van der Waals surface area contributed by atoms with Crippen molar-refractivity contribution in [3.8, 4) is 6.07 Å². The predicted octanol–water partition coefficient (Wildman–Crippen LogP) is 4.00. The number of esters is 1. The molecule has 1 aromatic heterocycles.